The van der Waals surface area contributed by atoms with Crippen LogP contribution in [0.25, 0.3) is 0 Å². The van der Waals surface area contributed by atoms with Gasteiger partial charge >= 0.3 is 0 Å². The first kappa shape index (κ1) is 13.1. The molecule has 1 N–H and O–H groups in total. The van der Waals surface area contributed by atoms with Crippen LogP contribution in [0.4, 0.5) is 0 Å². The highest BCUT2D eigenvalue weighted by Gasteiger charge is 2.21. The summed E-state index contributed by atoms with van der Waals surface area (Å²) in [5, 5.41) is 2.08. The van der Waals surface area contributed by atoms with E-state index in [0.717, 1.165) is 36.7 Å². The van der Waals surface area contributed by atoms with E-state index in [2.05, 4.69) is 23.4 Å². The fourth-order valence-corrected chi connectivity index (χ4v) is 4.12. The number of fused-ring (bicyclic) bond motifs is 1. The Bertz CT molecular complexity index is 463. The van der Waals surface area contributed by atoms with Crippen LogP contribution in [0.3, 0.4) is 0 Å². The summed E-state index contributed by atoms with van der Waals surface area (Å²) in [4.78, 5) is 14.6. The number of hydrogen-bond donors (Lipinski definition) is 1. The van der Waals surface area contributed by atoms with Crippen molar-refractivity contribution in [1.82, 2.24) is 10.4 Å². The second kappa shape index (κ2) is 5.63. The third-order valence-corrected chi connectivity index (χ3v) is 5.40. The lowest BCUT2D eigenvalue weighted by Gasteiger charge is -2.26. The molecule has 1 aromatic heterocycles. The van der Waals surface area contributed by atoms with Crippen molar-refractivity contribution in [2.24, 2.45) is 5.92 Å². The van der Waals surface area contributed by atoms with Gasteiger partial charge in [-0.05, 0) is 49.7 Å². The summed E-state index contributed by atoms with van der Waals surface area (Å²) >= 11 is 1.70. The molecule has 0 radical (unpaired) electrons. The number of nitrogens with one attached hydrogen (secondary N) is 1. The molecule has 1 aromatic rings. The Morgan fingerprint density at radius 2 is 2.16 bits per heavy atom. The summed E-state index contributed by atoms with van der Waals surface area (Å²) in [6, 6.07) is 2.12. The highest BCUT2D eigenvalue weighted by Crippen LogP contribution is 2.32. The van der Waals surface area contributed by atoms with Crippen molar-refractivity contribution >= 4 is 17.2 Å². The van der Waals surface area contributed by atoms with E-state index >= 15 is 0 Å². The topological polar surface area (TPSA) is 32.3 Å². The van der Waals surface area contributed by atoms with Crippen molar-refractivity contribution in [2.45, 2.75) is 45.4 Å². The molecule has 1 amide bonds. The van der Waals surface area contributed by atoms with E-state index in [1.54, 1.807) is 11.3 Å². The zero-order chi connectivity index (χ0) is 13.2. The van der Waals surface area contributed by atoms with Crippen LogP contribution in [0.1, 0.15) is 52.7 Å². The molecule has 0 aromatic carbocycles. The zero-order valence-corrected chi connectivity index (χ0v) is 12.4. The first-order valence-electron chi connectivity index (χ1n) is 7.40. The number of aryl methyl sites for hydroxylation is 1. The van der Waals surface area contributed by atoms with E-state index in [-0.39, 0.29) is 5.91 Å². The summed E-state index contributed by atoms with van der Waals surface area (Å²) in [6.45, 7) is 4.29. The number of carbonyl (C=O) groups excluding carboxylic acids is 1. The lowest BCUT2D eigenvalue weighted by molar-refractivity contribution is 0.0754. The molecule has 1 aliphatic carbocycles. The molecule has 1 atom stereocenters. The fraction of sp³-hybridized carbons (Fsp3) is 0.667. The Labute approximate surface area is 119 Å². The molecular weight excluding hydrogens is 256 g/mol. The van der Waals surface area contributed by atoms with Gasteiger partial charge < -0.3 is 0 Å². The Morgan fingerprint density at radius 1 is 1.37 bits per heavy atom. The molecule has 2 aliphatic rings. The number of hydrogen-bond acceptors (Lipinski definition) is 3. The van der Waals surface area contributed by atoms with Crippen molar-refractivity contribution < 1.29 is 4.79 Å². The highest BCUT2D eigenvalue weighted by atomic mass is 32.1. The summed E-state index contributed by atoms with van der Waals surface area (Å²) in [6.07, 6.45) is 7.23. The minimum atomic E-state index is 0.0916. The third-order valence-electron chi connectivity index (χ3n) is 4.17. The normalized spacial score (nSPS) is 23.9. The number of carbonyl (C=O) groups is 1. The summed E-state index contributed by atoms with van der Waals surface area (Å²) in [5.41, 5.74) is 4.47. The van der Waals surface area contributed by atoms with Crippen LogP contribution in [0, 0.1) is 5.92 Å². The van der Waals surface area contributed by atoms with Crippen molar-refractivity contribution in [2.75, 3.05) is 13.1 Å². The average Bonchev–Trinajstić information content (AvgIpc) is 2.83. The second-order valence-electron chi connectivity index (χ2n) is 5.90. The molecule has 0 spiro atoms. The molecule has 1 saturated heterocycles. The molecule has 0 bridgehead atoms. The Kier molecular flexibility index (Phi) is 3.89. The van der Waals surface area contributed by atoms with Crippen molar-refractivity contribution in [3.05, 3.63) is 21.4 Å². The molecule has 0 unspecified atom stereocenters. The van der Waals surface area contributed by atoms with Crippen LogP contribution in [0.2, 0.25) is 0 Å². The predicted octanol–water partition coefficient (Wildman–Crippen LogP) is 3.00. The van der Waals surface area contributed by atoms with Crippen molar-refractivity contribution in [3.8, 4) is 0 Å². The quantitative estimate of drug-likeness (QED) is 0.902. The van der Waals surface area contributed by atoms with Gasteiger partial charge in [-0.3, -0.25) is 10.2 Å². The summed E-state index contributed by atoms with van der Waals surface area (Å²) < 4.78 is 0. The maximum Gasteiger partial charge on any atom is 0.275 e. The zero-order valence-electron chi connectivity index (χ0n) is 11.6. The van der Waals surface area contributed by atoms with Crippen LogP contribution < -0.4 is 5.43 Å². The molecule has 104 valence electrons. The first-order valence-corrected chi connectivity index (χ1v) is 8.21. The van der Waals surface area contributed by atoms with E-state index in [1.807, 2.05) is 0 Å². The van der Waals surface area contributed by atoms with Gasteiger partial charge in [-0.25, -0.2) is 5.01 Å². The fourth-order valence-electron chi connectivity index (χ4n) is 3.02. The lowest BCUT2D eigenvalue weighted by Crippen LogP contribution is -2.44. The van der Waals surface area contributed by atoms with E-state index in [9.17, 15) is 4.79 Å². The largest absolute Gasteiger partial charge is 0.284 e. The molecule has 2 heterocycles. The standard InChI is InChI=1S/C15H22N2OS/c1-11-5-6-13-12(9-11)10-14(19-13)15(18)16-17-7-3-2-4-8-17/h10-11H,2-9H2,1H3,(H,16,18)/t11-/m1/s1. The minimum Gasteiger partial charge on any atom is -0.284 e. The van der Waals surface area contributed by atoms with Gasteiger partial charge in [0, 0.05) is 18.0 Å². The third kappa shape index (κ3) is 3.00. The van der Waals surface area contributed by atoms with Gasteiger partial charge in [0.1, 0.15) is 0 Å². The van der Waals surface area contributed by atoms with Crippen molar-refractivity contribution in [3.63, 3.8) is 0 Å². The number of hydrazine groups is 1. The second-order valence-corrected chi connectivity index (χ2v) is 7.03. The highest BCUT2D eigenvalue weighted by molar-refractivity contribution is 7.14. The Hall–Kier alpha value is -0.870. The van der Waals surface area contributed by atoms with Gasteiger partial charge in [0.15, 0.2) is 0 Å². The molecule has 19 heavy (non-hydrogen) atoms. The summed E-state index contributed by atoms with van der Waals surface area (Å²) in [5.74, 6) is 0.856. The van der Waals surface area contributed by atoms with E-state index in [4.69, 9.17) is 0 Å². The minimum absolute atomic E-state index is 0.0916. The Balaban J connectivity index is 1.66. The van der Waals surface area contributed by atoms with Gasteiger partial charge in [-0.2, -0.15) is 0 Å². The number of piperidine rings is 1. The van der Waals surface area contributed by atoms with Gasteiger partial charge in [-0.15, -0.1) is 11.3 Å². The molecule has 3 rings (SSSR count). The monoisotopic (exact) mass is 278 g/mol. The SMILES string of the molecule is C[C@@H]1CCc2sc(C(=O)NN3CCCCC3)cc2C1. The predicted molar refractivity (Wildman–Crippen MR) is 78.4 cm³/mol. The molecule has 1 fully saturated rings. The first-order chi connectivity index (χ1) is 9.22. The van der Waals surface area contributed by atoms with E-state index in [0.29, 0.717) is 0 Å². The smallest absolute Gasteiger partial charge is 0.275 e. The molecule has 1 aliphatic heterocycles. The number of rotatable bonds is 2. The maximum atomic E-state index is 12.3. The lowest BCUT2D eigenvalue weighted by atomic mass is 9.90. The van der Waals surface area contributed by atoms with Crippen LogP contribution in [0.5, 0.6) is 0 Å². The van der Waals surface area contributed by atoms with Gasteiger partial charge in [0.05, 0.1) is 4.88 Å². The molecule has 4 heteroatoms. The van der Waals surface area contributed by atoms with Crippen LogP contribution >= 0.6 is 11.3 Å². The van der Waals surface area contributed by atoms with Gasteiger partial charge in [0.25, 0.3) is 5.91 Å². The molecule has 0 saturated carbocycles. The van der Waals surface area contributed by atoms with Crippen LogP contribution in [0.15, 0.2) is 6.07 Å². The maximum absolute atomic E-state index is 12.3. The number of amides is 1. The number of nitrogens with zero attached hydrogens (tertiary/aromatic N) is 1. The van der Waals surface area contributed by atoms with Gasteiger partial charge in [0.2, 0.25) is 0 Å². The van der Waals surface area contributed by atoms with E-state index in [1.165, 1.54) is 36.1 Å². The summed E-state index contributed by atoms with van der Waals surface area (Å²) in [7, 11) is 0. The van der Waals surface area contributed by atoms with Crippen LogP contribution in [-0.2, 0) is 12.8 Å². The van der Waals surface area contributed by atoms with Crippen LogP contribution in [-0.4, -0.2) is 24.0 Å². The van der Waals surface area contributed by atoms with Crippen molar-refractivity contribution in [1.29, 1.82) is 0 Å². The van der Waals surface area contributed by atoms with Gasteiger partial charge in [-0.1, -0.05) is 13.3 Å². The number of thiophene rings is 1. The molecule has 3 nitrogen and oxygen atoms in total. The Morgan fingerprint density at radius 3 is 2.95 bits per heavy atom. The van der Waals surface area contributed by atoms with E-state index < -0.39 is 0 Å². The average molecular weight is 278 g/mol. The molecular formula is C15H22N2OS.